The van der Waals surface area contributed by atoms with Crippen LogP contribution >= 0.6 is 11.6 Å². The lowest BCUT2D eigenvalue weighted by Gasteiger charge is -2.26. The van der Waals surface area contributed by atoms with Crippen molar-refractivity contribution in [2.75, 3.05) is 11.9 Å². The van der Waals surface area contributed by atoms with Crippen molar-refractivity contribution in [2.45, 2.75) is 38.4 Å². The van der Waals surface area contributed by atoms with Crippen molar-refractivity contribution >= 4 is 29.1 Å². The number of halogens is 8. The van der Waals surface area contributed by atoms with Crippen LogP contribution < -0.4 is 10.6 Å². The number of nitriles is 1. The lowest BCUT2D eigenvalue weighted by molar-refractivity contribution is -0.360. The summed E-state index contributed by atoms with van der Waals surface area (Å²) in [7, 11) is 0. The van der Waals surface area contributed by atoms with Crippen LogP contribution in [0.4, 0.5) is 36.4 Å². The lowest BCUT2D eigenvalue weighted by atomic mass is 10.0. The summed E-state index contributed by atoms with van der Waals surface area (Å²) in [5.41, 5.74) is -1.90. The molecule has 0 saturated heterocycles. The number of hydrogen-bond acceptors (Lipinski definition) is 7. The molecule has 0 atom stereocenters. The molecule has 0 aliphatic rings. The Kier molecular flexibility index (Phi) is 8.87. The molecule has 0 unspecified atom stereocenters. The largest absolute Gasteiger partial charge is 0.460 e. The minimum Gasteiger partial charge on any atom is -0.352 e. The van der Waals surface area contributed by atoms with Crippen molar-refractivity contribution in [2.24, 2.45) is 0 Å². The molecule has 0 spiro atoms. The van der Waals surface area contributed by atoms with Gasteiger partial charge < -0.3 is 10.6 Å². The van der Waals surface area contributed by atoms with Gasteiger partial charge in [-0.3, -0.25) is 9.59 Å². The maximum absolute atomic E-state index is 14.1. The van der Waals surface area contributed by atoms with E-state index in [1.165, 1.54) is 37.4 Å². The Balaban J connectivity index is 1.74. The minimum atomic E-state index is -6.58. The molecule has 0 aliphatic heterocycles. The number of aromatic nitrogens is 6. The van der Waals surface area contributed by atoms with Crippen LogP contribution in [0, 0.1) is 18.3 Å². The van der Waals surface area contributed by atoms with Crippen molar-refractivity contribution in [3.05, 3.63) is 81.5 Å². The van der Waals surface area contributed by atoms with Gasteiger partial charge in [0.2, 0.25) is 0 Å². The van der Waals surface area contributed by atoms with E-state index >= 15 is 0 Å². The highest BCUT2D eigenvalue weighted by molar-refractivity contribution is 6.32. The molecule has 0 saturated carbocycles. The Hall–Kier alpha value is -5.05. The van der Waals surface area contributed by atoms with Gasteiger partial charge in [-0.1, -0.05) is 11.6 Å². The van der Waals surface area contributed by atoms with Crippen LogP contribution in [-0.2, 0) is 12.5 Å². The van der Waals surface area contributed by atoms with Crippen LogP contribution in [0.3, 0.4) is 0 Å². The van der Waals surface area contributed by atoms with Crippen molar-refractivity contribution in [1.82, 2.24) is 35.1 Å². The van der Waals surface area contributed by atoms with Crippen LogP contribution in [0.25, 0.3) is 5.82 Å². The zero-order valence-corrected chi connectivity index (χ0v) is 23.7. The molecule has 19 heteroatoms. The van der Waals surface area contributed by atoms with E-state index < -0.39 is 42.1 Å². The number of pyridine rings is 1. The minimum absolute atomic E-state index is 0.00675. The molecule has 236 valence electrons. The smallest absolute Gasteiger partial charge is 0.352 e. The standard InChI is InChI=1S/C26H19ClF7N9O2/c1-3-36-22(44)16-8-14(10-35)7-13(2)20(16)39-23(45)18-9-15(40-43(18)21-17(27)5-4-6-37-21)12-42-38-11-19(41-42)24(28,29)25(30,31)26(32,33)34/h4-9,11H,3,12H2,1-2H3,(H,36,44)(H,39,45). The number of amides is 2. The molecule has 2 amide bonds. The number of anilines is 1. The highest BCUT2D eigenvalue weighted by Crippen LogP contribution is 2.51. The predicted octanol–water partition coefficient (Wildman–Crippen LogP) is 5.03. The molecule has 0 aliphatic carbocycles. The van der Waals surface area contributed by atoms with E-state index in [0.29, 0.717) is 10.4 Å². The van der Waals surface area contributed by atoms with Crippen LogP contribution in [0.1, 0.15) is 50.3 Å². The molecule has 11 nitrogen and oxygen atoms in total. The van der Waals surface area contributed by atoms with Crippen molar-refractivity contribution in [3.63, 3.8) is 0 Å². The number of carbonyl (C=O) groups excluding carboxylic acids is 2. The number of aryl methyl sites for hydroxylation is 1. The van der Waals surface area contributed by atoms with Crippen LogP contribution in [-0.4, -0.2) is 60.2 Å². The summed E-state index contributed by atoms with van der Waals surface area (Å²) in [5, 5.41) is 25.1. The third-order valence-electron chi connectivity index (χ3n) is 6.13. The van der Waals surface area contributed by atoms with Gasteiger partial charge in [-0.25, -0.2) is 9.67 Å². The molecular weight excluding hydrogens is 639 g/mol. The zero-order chi connectivity index (χ0) is 33.3. The summed E-state index contributed by atoms with van der Waals surface area (Å²) in [6, 6.07) is 8.61. The molecular formula is C26H19ClF7N9O2. The third kappa shape index (κ3) is 6.29. The number of rotatable bonds is 9. The van der Waals surface area contributed by atoms with E-state index in [1.807, 2.05) is 6.07 Å². The summed E-state index contributed by atoms with van der Waals surface area (Å²) >= 11 is 6.24. The summed E-state index contributed by atoms with van der Waals surface area (Å²) in [4.78, 5) is 30.8. The molecule has 0 radical (unpaired) electrons. The number of alkyl halides is 7. The van der Waals surface area contributed by atoms with Gasteiger partial charge in [-0.2, -0.15) is 56.1 Å². The van der Waals surface area contributed by atoms with E-state index in [9.17, 15) is 45.6 Å². The first kappa shape index (κ1) is 32.9. The molecule has 3 aromatic heterocycles. The fourth-order valence-electron chi connectivity index (χ4n) is 4.00. The average Bonchev–Trinajstić information content (AvgIpc) is 3.61. The Bertz CT molecular complexity index is 1810. The summed E-state index contributed by atoms with van der Waals surface area (Å²) < 4.78 is 94.1. The van der Waals surface area contributed by atoms with Crippen LogP contribution in [0.2, 0.25) is 5.02 Å². The molecule has 3 heterocycles. The molecule has 0 fully saturated rings. The quantitative estimate of drug-likeness (QED) is 0.240. The van der Waals surface area contributed by atoms with Crippen molar-refractivity contribution in [1.29, 1.82) is 5.26 Å². The van der Waals surface area contributed by atoms with E-state index in [2.05, 4.69) is 30.9 Å². The Morgan fingerprint density at radius 1 is 1.07 bits per heavy atom. The predicted molar refractivity (Wildman–Crippen MR) is 142 cm³/mol. The van der Waals surface area contributed by atoms with Gasteiger partial charge in [0.05, 0.1) is 39.8 Å². The van der Waals surface area contributed by atoms with Crippen molar-refractivity contribution < 1.29 is 40.3 Å². The Morgan fingerprint density at radius 2 is 1.78 bits per heavy atom. The van der Waals surface area contributed by atoms with Gasteiger partial charge in [0, 0.05) is 12.7 Å². The van der Waals surface area contributed by atoms with Crippen LogP contribution in [0.15, 0.2) is 42.7 Å². The molecule has 2 N–H and O–H groups in total. The summed E-state index contributed by atoms with van der Waals surface area (Å²) in [5.74, 6) is -13.8. The number of nitrogens with zero attached hydrogens (tertiary/aromatic N) is 7. The topological polar surface area (TPSA) is 143 Å². The summed E-state index contributed by atoms with van der Waals surface area (Å²) in [6.45, 7) is 2.76. The first-order valence-electron chi connectivity index (χ1n) is 12.6. The number of carbonyl (C=O) groups is 2. The Labute approximate surface area is 253 Å². The highest BCUT2D eigenvalue weighted by atomic mass is 35.5. The third-order valence-corrected chi connectivity index (χ3v) is 6.42. The second-order valence-corrected chi connectivity index (χ2v) is 9.70. The van der Waals surface area contributed by atoms with E-state index in [0.717, 1.165) is 10.7 Å². The fraction of sp³-hybridized carbons (Fsp3) is 0.269. The maximum Gasteiger partial charge on any atom is 0.460 e. The first-order valence-corrected chi connectivity index (χ1v) is 13.0. The van der Waals surface area contributed by atoms with Gasteiger partial charge in [0.25, 0.3) is 11.8 Å². The number of hydrogen-bond donors (Lipinski definition) is 2. The van der Waals surface area contributed by atoms with Gasteiger partial charge in [-0.05, 0) is 49.7 Å². The van der Waals surface area contributed by atoms with Gasteiger partial charge in [0.1, 0.15) is 12.2 Å². The number of nitrogens with one attached hydrogen (secondary N) is 2. The SMILES string of the molecule is CCNC(=O)c1cc(C#N)cc(C)c1NC(=O)c1cc(Cn2ncc(C(F)(F)C(F)(F)C(F)(F)F)n2)nn1-c1ncccc1Cl. The van der Waals surface area contributed by atoms with E-state index in [4.69, 9.17) is 11.6 Å². The molecule has 1 aromatic carbocycles. The highest BCUT2D eigenvalue weighted by Gasteiger charge is 2.74. The van der Waals surface area contributed by atoms with Gasteiger partial charge >= 0.3 is 18.0 Å². The second kappa shape index (κ2) is 12.1. The Morgan fingerprint density at radius 3 is 2.40 bits per heavy atom. The van der Waals surface area contributed by atoms with E-state index in [-0.39, 0.29) is 51.8 Å². The monoisotopic (exact) mass is 657 g/mol. The van der Waals surface area contributed by atoms with Gasteiger partial charge in [0.15, 0.2) is 11.5 Å². The molecule has 4 aromatic rings. The van der Waals surface area contributed by atoms with E-state index in [1.54, 1.807) is 6.92 Å². The first-order chi connectivity index (χ1) is 21.0. The number of benzene rings is 1. The normalized spacial score (nSPS) is 12.1. The second-order valence-electron chi connectivity index (χ2n) is 9.29. The summed E-state index contributed by atoms with van der Waals surface area (Å²) in [6.07, 6.45) is -5.21. The molecule has 45 heavy (non-hydrogen) atoms. The van der Waals surface area contributed by atoms with Crippen molar-refractivity contribution in [3.8, 4) is 11.9 Å². The van der Waals surface area contributed by atoms with Gasteiger partial charge in [-0.15, -0.1) is 0 Å². The van der Waals surface area contributed by atoms with Crippen LogP contribution in [0.5, 0.6) is 0 Å². The zero-order valence-electron chi connectivity index (χ0n) is 22.9. The average molecular weight is 658 g/mol. The maximum atomic E-state index is 14.1. The molecule has 0 bridgehead atoms. The fourth-order valence-corrected chi connectivity index (χ4v) is 4.20. The molecule has 4 rings (SSSR count). The lowest BCUT2D eigenvalue weighted by Crippen LogP contribution is -2.50.